The van der Waals surface area contributed by atoms with Crippen LogP contribution in [0.15, 0.2) is 28.7 Å². The Morgan fingerprint density at radius 2 is 1.95 bits per heavy atom. The first-order valence-corrected chi connectivity index (χ1v) is 7.75. The molecule has 1 aromatic rings. The predicted octanol–water partition coefficient (Wildman–Crippen LogP) is 3.79. The first kappa shape index (κ1) is 15.0. The minimum atomic E-state index is 0.162. The normalized spacial score (nSPS) is 23.8. The van der Waals surface area contributed by atoms with Crippen molar-refractivity contribution >= 4 is 15.9 Å². The van der Waals surface area contributed by atoms with Gasteiger partial charge in [0.1, 0.15) is 0 Å². The quantitative estimate of drug-likeness (QED) is 0.909. The van der Waals surface area contributed by atoms with Crippen LogP contribution in [-0.4, -0.2) is 25.3 Å². The molecule has 1 aromatic carbocycles. The Morgan fingerprint density at radius 1 is 1.26 bits per heavy atom. The van der Waals surface area contributed by atoms with Gasteiger partial charge in [0.25, 0.3) is 0 Å². The lowest BCUT2D eigenvalue weighted by molar-refractivity contribution is 0.144. The molecule has 0 saturated carbocycles. The molecule has 0 aliphatic carbocycles. The standard InChI is InChI=1S/C16H24BrNO/c1-15(2,3)18-11-16(8-9-19-12-16)10-13-4-6-14(17)7-5-13/h4-7,18H,8-12H2,1-3H3. The highest BCUT2D eigenvalue weighted by Crippen LogP contribution is 2.33. The molecule has 0 amide bonds. The molecule has 0 spiro atoms. The number of ether oxygens (including phenoxy) is 1. The molecule has 0 aromatic heterocycles. The number of halogens is 1. The van der Waals surface area contributed by atoms with Crippen LogP contribution in [0.2, 0.25) is 0 Å². The molecule has 0 bridgehead atoms. The van der Waals surface area contributed by atoms with Crippen molar-refractivity contribution < 1.29 is 4.74 Å². The van der Waals surface area contributed by atoms with Gasteiger partial charge in [0.2, 0.25) is 0 Å². The van der Waals surface area contributed by atoms with E-state index in [1.807, 2.05) is 0 Å². The molecule has 0 radical (unpaired) electrons. The zero-order chi connectivity index (χ0) is 13.9. The fourth-order valence-corrected chi connectivity index (χ4v) is 2.74. The van der Waals surface area contributed by atoms with Gasteiger partial charge in [-0.1, -0.05) is 28.1 Å². The van der Waals surface area contributed by atoms with Crippen molar-refractivity contribution in [3.05, 3.63) is 34.3 Å². The van der Waals surface area contributed by atoms with E-state index in [9.17, 15) is 0 Å². The number of benzene rings is 1. The largest absolute Gasteiger partial charge is 0.381 e. The van der Waals surface area contributed by atoms with E-state index in [0.717, 1.165) is 37.1 Å². The van der Waals surface area contributed by atoms with Gasteiger partial charge in [0.05, 0.1) is 6.61 Å². The van der Waals surface area contributed by atoms with Crippen LogP contribution in [-0.2, 0) is 11.2 Å². The second kappa shape index (κ2) is 5.94. The summed E-state index contributed by atoms with van der Waals surface area (Å²) in [5, 5.41) is 3.65. The summed E-state index contributed by atoms with van der Waals surface area (Å²) in [6.45, 7) is 9.43. The van der Waals surface area contributed by atoms with Gasteiger partial charge >= 0.3 is 0 Å². The summed E-state index contributed by atoms with van der Waals surface area (Å²) >= 11 is 3.49. The van der Waals surface area contributed by atoms with Crippen molar-refractivity contribution in [3.8, 4) is 0 Å². The van der Waals surface area contributed by atoms with Crippen molar-refractivity contribution in [3.63, 3.8) is 0 Å². The molecular formula is C16H24BrNO. The molecule has 1 heterocycles. The Bertz CT molecular complexity index is 402. The van der Waals surface area contributed by atoms with E-state index in [0.29, 0.717) is 0 Å². The summed E-state index contributed by atoms with van der Waals surface area (Å²) in [6.07, 6.45) is 2.23. The third-order valence-corrected chi connectivity index (χ3v) is 4.20. The SMILES string of the molecule is CC(C)(C)NCC1(Cc2ccc(Br)cc2)CCOC1. The van der Waals surface area contributed by atoms with Crippen molar-refractivity contribution in [1.29, 1.82) is 0 Å². The molecule has 106 valence electrons. The van der Waals surface area contributed by atoms with E-state index < -0.39 is 0 Å². The first-order valence-electron chi connectivity index (χ1n) is 6.96. The molecule has 1 N–H and O–H groups in total. The third kappa shape index (κ3) is 4.59. The number of hydrogen-bond donors (Lipinski definition) is 1. The number of nitrogens with one attached hydrogen (secondary N) is 1. The summed E-state index contributed by atoms with van der Waals surface area (Å²) in [5.74, 6) is 0. The zero-order valence-electron chi connectivity index (χ0n) is 12.1. The van der Waals surface area contributed by atoms with Crippen molar-refractivity contribution in [1.82, 2.24) is 5.32 Å². The molecule has 3 heteroatoms. The Balaban J connectivity index is 2.05. The van der Waals surface area contributed by atoms with Gasteiger partial charge in [-0.05, 0) is 51.3 Å². The molecule has 1 unspecified atom stereocenters. The topological polar surface area (TPSA) is 21.3 Å². The fourth-order valence-electron chi connectivity index (χ4n) is 2.48. The van der Waals surface area contributed by atoms with Crippen LogP contribution in [0.5, 0.6) is 0 Å². The lowest BCUT2D eigenvalue weighted by Gasteiger charge is -2.32. The van der Waals surface area contributed by atoms with Gasteiger partial charge in [-0.3, -0.25) is 0 Å². The van der Waals surface area contributed by atoms with E-state index in [2.05, 4.69) is 66.3 Å². The Kier molecular flexibility index (Phi) is 4.70. The third-order valence-electron chi connectivity index (χ3n) is 3.67. The predicted molar refractivity (Wildman–Crippen MR) is 83.5 cm³/mol. The molecule has 1 aliphatic rings. The maximum Gasteiger partial charge on any atom is 0.0538 e. The van der Waals surface area contributed by atoms with Crippen molar-refractivity contribution in [2.75, 3.05) is 19.8 Å². The van der Waals surface area contributed by atoms with Crippen LogP contribution in [0.25, 0.3) is 0 Å². The molecule has 1 fully saturated rings. The van der Waals surface area contributed by atoms with Crippen LogP contribution < -0.4 is 5.32 Å². The molecule has 1 aliphatic heterocycles. The fraction of sp³-hybridized carbons (Fsp3) is 0.625. The van der Waals surface area contributed by atoms with Gasteiger partial charge in [-0.25, -0.2) is 0 Å². The van der Waals surface area contributed by atoms with E-state index in [1.54, 1.807) is 0 Å². The highest BCUT2D eigenvalue weighted by molar-refractivity contribution is 9.10. The molecule has 2 rings (SSSR count). The van der Waals surface area contributed by atoms with Crippen molar-refractivity contribution in [2.45, 2.75) is 39.2 Å². The Morgan fingerprint density at radius 3 is 2.47 bits per heavy atom. The lowest BCUT2D eigenvalue weighted by atomic mass is 9.80. The molecule has 19 heavy (non-hydrogen) atoms. The lowest BCUT2D eigenvalue weighted by Crippen LogP contribution is -2.45. The summed E-state index contributed by atoms with van der Waals surface area (Å²) in [6, 6.07) is 8.66. The molecule has 1 saturated heterocycles. The highest BCUT2D eigenvalue weighted by atomic mass is 79.9. The van der Waals surface area contributed by atoms with Crippen LogP contribution >= 0.6 is 15.9 Å². The monoisotopic (exact) mass is 325 g/mol. The average molecular weight is 326 g/mol. The second-order valence-electron chi connectivity index (χ2n) is 6.71. The van der Waals surface area contributed by atoms with Crippen LogP contribution in [0.3, 0.4) is 0 Å². The summed E-state index contributed by atoms with van der Waals surface area (Å²) < 4.78 is 6.81. The molecular weight excluding hydrogens is 302 g/mol. The smallest absolute Gasteiger partial charge is 0.0538 e. The van der Waals surface area contributed by atoms with Gasteiger partial charge in [-0.15, -0.1) is 0 Å². The van der Waals surface area contributed by atoms with Gasteiger partial charge in [0, 0.05) is 28.6 Å². The summed E-state index contributed by atoms with van der Waals surface area (Å²) in [7, 11) is 0. The second-order valence-corrected chi connectivity index (χ2v) is 7.63. The van der Waals surface area contributed by atoms with Gasteiger partial charge in [0.15, 0.2) is 0 Å². The van der Waals surface area contributed by atoms with Crippen molar-refractivity contribution in [2.24, 2.45) is 5.41 Å². The Labute approximate surface area is 125 Å². The Hall–Kier alpha value is -0.380. The number of hydrogen-bond acceptors (Lipinski definition) is 2. The number of rotatable bonds is 4. The van der Waals surface area contributed by atoms with Crippen LogP contribution in [0.1, 0.15) is 32.8 Å². The average Bonchev–Trinajstić information content (AvgIpc) is 2.78. The van der Waals surface area contributed by atoms with E-state index >= 15 is 0 Å². The summed E-state index contributed by atoms with van der Waals surface area (Å²) in [5.41, 5.74) is 1.81. The van der Waals surface area contributed by atoms with E-state index in [-0.39, 0.29) is 11.0 Å². The minimum Gasteiger partial charge on any atom is -0.381 e. The van der Waals surface area contributed by atoms with Crippen LogP contribution in [0.4, 0.5) is 0 Å². The zero-order valence-corrected chi connectivity index (χ0v) is 13.7. The van der Waals surface area contributed by atoms with Crippen LogP contribution in [0, 0.1) is 5.41 Å². The maximum absolute atomic E-state index is 5.67. The van der Waals surface area contributed by atoms with E-state index in [4.69, 9.17) is 4.74 Å². The maximum atomic E-state index is 5.67. The minimum absolute atomic E-state index is 0.162. The molecule has 1 atom stereocenters. The van der Waals surface area contributed by atoms with Gasteiger partial charge in [-0.2, -0.15) is 0 Å². The summed E-state index contributed by atoms with van der Waals surface area (Å²) in [4.78, 5) is 0. The highest BCUT2D eigenvalue weighted by Gasteiger charge is 2.35. The molecule has 2 nitrogen and oxygen atoms in total. The first-order chi connectivity index (χ1) is 8.89. The van der Waals surface area contributed by atoms with E-state index in [1.165, 1.54) is 5.56 Å². The van der Waals surface area contributed by atoms with Gasteiger partial charge < -0.3 is 10.1 Å².